The van der Waals surface area contributed by atoms with Crippen LogP contribution in [0.5, 0.6) is 0 Å². The molecule has 4 heteroatoms. The summed E-state index contributed by atoms with van der Waals surface area (Å²) >= 11 is 0. The SMILES string of the molecule is CCCOCCn1nc(C)c(C(=O)CC)c1C. The van der Waals surface area contributed by atoms with E-state index in [9.17, 15) is 4.79 Å². The Morgan fingerprint density at radius 3 is 2.59 bits per heavy atom. The Morgan fingerprint density at radius 2 is 2.00 bits per heavy atom. The molecule has 0 N–H and O–H groups in total. The number of carbonyl (C=O) groups excluding carboxylic acids is 1. The van der Waals surface area contributed by atoms with Crippen molar-refractivity contribution in [3.8, 4) is 0 Å². The van der Waals surface area contributed by atoms with E-state index in [1.807, 2.05) is 25.5 Å². The van der Waals surface area contributed by atoms with Crippen LogP contribution in [0.3, 0.4) is 0 Å². The predicted molar refractivity (Wildman–Crippen MR) is 67.4 cm³/mol. The van der Waals surface area contributed by atoms with Crippen molar-refractivity contribution < 1.29 is 9.53 Å². The summed E-state index contributed by atoms with van der Waals surface area (Å²) in [7, 11) is 0. The van der Waals surface area contributed by atoms with E-state index in [0.29, 0.717) is 19.6 Å². The lowest BCUT2D eigenvalue weighted by Crippen LogP contribution is -2.10. The first-order valence-corrected chi connectivity index (χ1v) is 6.26. The number of carbonyl (C=O) groups is 1. The lowest BCUT2D eigenvalue weighted by molar-refractivity contribution is 0.0986. The Hall–Kier alpha value is -1.16. The number of nitrogens with zero attached hydrogens (tertiary/aromatic N) is 2. The molecule has 0 amide bonds. The molecular weight excluding hydrogens is 216 g/mol. The van der Waals surface area contributed by atoms with E-state index in [-0.39, 0.29) is 5.78 Å². The van der Waals surface area contributed by atoms with Crippen molar-refractivity contribution in [3.05, 3.63) is 17.0 Å². The number of Topliss-reactive ketones (excluding diaryl/α,β-unsaturated/α-hetero) is 1. The van der Waals surface area contributed by atoms with Gasteiger partial charge >= 0.3 is 0 Å². The summed E-state index contributed by atoms with van der Waals surface area (Å²) in [6.07, 6.45) is 1.55. The molecule has 1 heterocycles. The third-order valence-electron chi connectivity index (χ3n) is 2.78. The van der Waals surface area contributed by atoms with Gasteiger partial charge in [-0.05, 0) is 20.3 Å². The summed E-state index contributed by atoms with van der Waals surface area (Å²) < 4.78 is 7.30. The van der Waals surface area contributed by atoms with E-state index in [1.54, 1.807) is 0 Å². The fourth-order valence-corrected chi connectivity index (χ4v) is 1.89. The molecule has 0 bridgehead atoms. The summed E-state index contributed by atoms with van der Waals surface area (Å²) in [6, 6.07) is 0. The van der Waals surface area contributed by atoms with Gasteiger partial charge in [0.2, 0.25) is 0 Å². The quantitative estimate of drug-likeness (QED) is 0.541. The lowest BCUT2D eigenvalue weighted by atomic mass is 10.1. The standard InChI is InChI=1S/C13H22N2O2/c1-5-8-17-9-7-15-11(4)13(10(3)14-15)12(16)6-2/h5-9H2,1-4H3. The first-order chi connectivity index (χ1) is 8.11. The van der Waals surface area contributed by atoms with Crippen LogP contribution in [-0.2, 0) is 11.3 Å². The average Bonchev–Trinajstić information content (AvgIpc) is 2.59. The van der Waals surface area contributed by atoms with Gasteiger partial charge in [0.15, 0.2) is 5.78 Å². The summed E-state index contributed by atoms with van der Waals surface area (Å²) in [5.74, 6) is 0.167. The Bertz CT molecular complexity index is 383. The van der Waals surface area contributed by atoms with E-state index in [0.717, 1.165) is 30.0 Å². The summed E-state index contributed by atoms with van der Waals surface area (Å²) in [5.41, 5.74) is 2.56. The van der Waals surface area contributed by atoms with Gasteiger partial charge in [-0.2, -0.15) is 5.10 Å². The summed E-state index contributed by atoms with van der Waals surface area (Å²) in [4.78, 5) is 11.8. The topological polar surface area (TPSA) is 44.1 Å². The van der Waals surface area contributed by atoms with Gasteiger partial charge in [-0.25, -0.2) is 0 Å². The Kier molecular flexibility index (Phi) is 5.35. The first kappa shape index (κ1) is 13.9. The van der Waals surface area contributed by atoms with Gasteiger partial charge in [-0.3, -0.25) is 9.48 Å². The van der Waals surface area contributed by atoms with Gasteiger partial charge in [-0.15, -0.1) is 0 Å². The van der Waals surface area contributed by atoms with Crippen LogP contribution < -0.4 is 0 Å². The maximum Gasteiger partial charge on any atom is 0.166 e. The van der Waals surface area contributed by atoms with Crippen molar-refractivity contribution in [1.29, 1.82) is 0 Å². The van der Waals surface area contributed by atoms with Gasteiger partial charge < -0.3 is 4.74 Å². The van der Waals surface area contributed by atoms with Crippen LogP contribution >= 0.6 is 0 Å². The highest BCUT2D eigenvalue weighted by Crippen LogP contribution is 2.15. The molecular formula is C13H22N2O2. The fourth-order valence-electron chi connectivity index (χ4n) is 1.89. The van der Waals surface area contributed by atoms with E-state index >= 15 is 0 Å². The highest BCUT2D eigenvalue weighted by atomic mass is 16.5. The summed E-state index contributed by atoms with van der Waals surface area (Å²) in [5, 5.41) is 4.39. The molecule has 0 radical (unpaired) electrons. The van der Waals surface area contributed by atoms with Crippen LogP contribution in [0.2, 0.25) is 0 Å². The molecule has 0 saturated carbocycles. The van der Waals surface area contributed by atoms with E-state index in [4.69, 9.17) is 4.74 Å². The minimum absolute atomic E-state index is 0.167. The zero-order valence-corrected chi connectivity index (χ0v) is 11.2. The van der Waals surface area contributed by atoms with Crippen molar-refractivity contribution in [1.82, 2.24) is 9.78 Å². The molecule has 4 nitrogen and oxygen atoms in total. The number of rotatable bonds is 7. The highest BCUT2D eigenvalue weighted by molar-refractivity contribution is 5.97. The van der Waals surface area contributed by atoms with Crippen LogP contribution in [0.4, 0.5) is 0 Å². The second-order valence-corrected chi connectivity index (χ2v) is 4.16. The van der Waals surface area contributed by atoms with Crippen molar-refractivity contribution in [3.63, 3.8) is 0 Å². The molecule has 0 atom stereocenters. The van der Waals surface area contributed by atoms with Gasteiger partial charge in [0.25, 0.3) is 0 Å². The molecule has 0 aliphatic heterocycles. The Balaban J connectivity index is 2.71. The zero-order valence-electron chi connectivity index (χ0n) is 11.2. The third kappa shape index (κ3) is 3.40. The highest BCUT2D eigenvalue weighted by Gasteiger charge is 2.16. The lowest BCUT2D eigenvalue weighted by Gasteiger charge is -2.05. The van der Waals surface area contributed by atoms with Crippen molar-refractivity contribution in [2.75, 3.05) is 13.2 Å². The molecule has 1 aromatic heterocycles. The van der Waals surface area contributed by atoms with Crippen molar-refractivity contribution >= 4 is 5.78 Å². The number of hydrogen-bond acceptors (Lipinski definition) is 3. The smallest absolute Gasteiger partial charge is 0.166 e. The van der Waals surface area contributed by atoms with Crippen LogP contribution in [0.25, 0.3) is 0 Å². The summed E-state index contributed by atoms with van der Waals surface area (Å²) in [6.45, 7) is 9.94. The van der Waals surface area contributed by atoms with Gasteiger partial charge in [0.05, 0.1) is 24.4 Å². The molecule has 0 aliphatic carbocycles. The van der Waals surface area contributed by atoms with Crippen LogP contribution in [0.1, 0.15) is 48.4 Å². The van der Waals surface area contributed by atoms with Crippen LogP contribution in [-0.4, -0.2) is 28.8 Å². The minimum Gasteiger partial charge on any atom is -0.380 e. The van der Waals surface area contributed by atoms with Crippen LogP contribution in [0, 0.1) is 13.8 Å². The second-order valence-electron chi connectivity index (χ2n) is 4.16. The van der Waals surface area contributed by atoms with Gasteiger partial charge in [0, 0.05) is 18.7 Å². The molecule has 0 spiro atoms. The Morgan fingerprint density at radius 1 is 1.29 bits per heavy atom. The maximum absolute atomic E-state index is 11.8. The van der Waals surface area contributed by atoms with Crippen molar-refractivity contribution in [2.45, 2.75) is 47.1 Å². The fraction of sp³-hybridized carbons (Fsp3) is 0.692. The normalized spacial score (nSPS) is 10.8. The Labute approximate surface area is 103 Å². The van der Waals surface area contributed by atoms with E-state index in [2.05, 4.69) is 12.0 Å². The third-order valence-corrected chi connectivity index (χ3v) is 2.78. The molecule has 0 fully saturated rings. The molecule has 0 aromatic carbocycles. The van der Waals surface area contributed by atoms with Gasteiger partial charge in [0.1, 0.15) is 0 Å². The molecule has 0 unspecified atom stereocenters. The number of aromatic nitrogens is 2. The molecule has 0 saturated heterocycles. The molecule has 96 valence electrons. The predicted octanol–water partition coefficient (Wildman–Crippen LogP) is 2.52. The molecule has 1 rings (SSSR count). The van der Waals surface area contributed by atoms with Crippen LogP contribution in [0.15, 0.2) is 0 Å². The number of hydrogen-bond donors (Lipinski definition) is 0. The molecule has 1 aromatic rings. The van der Waals surface area contributed by atoms with E-state index in [1.165, 1.54) is 0 Å². The monoisotopic (exact) mass is 238 g/mol. The first-order valence-electron chi connectivity index (χ1n) is 6.26. The zero-order chi connectivity index (χ0) is 12.8. The minimum atomic E-state index is 0.167. The number of ketones is 1. The largest absolute Gasteiger partial charge is 0.380 e. The molecule has 0 aliphatic rings. The average molecular weight is 238 g/mol. The van der Waals surface area contributed by atoms with E-state index < -0.39 is 0 Å². The van der Waals surface area contributed by atoms with Gasteiger partial charge in [-0.1, -0.05) is 13.8 Å². The van der Waals surface area contributed by atoms with Crippen molar-refractivity contribution in [2.24, 2.45) is 0 Å². The molecule has 17 heavy (non-hydrogen) atoms. The second kappa shape index (κ2) is 6.55. The maximum atomic E-state index is 11.8. The number of aryl methyl sites for hydroxylation is 1. The number of ether oxygens (including phenoxy) is 1.